The molecule has 4 rings (SSSR count). The lowest BCUT2D eigenvalue weighted by Gasteiger charge is -2.34. The molecule has 2 saturated heterocycles. The number of furan rings is 1. The van der Waals surface area contributed by atoms with Gasteiger partial charge in [-0.15, -0.1) is 0 Å². The van der Waals surface area contributed by atoms with Crippen molar-refractivity contribution in [2.75, 3.05) is 49.1 Å². The first-order valence-corrected chi connectivity index (χ1v) is 9.47. The van der Waals surface area contributed by atoms with Crippen LogP contribution in [-0.2, 0) is 0 Å². The molecule has 0 N–H and O–H groups in total. The van der Waals surface area contributed by atoms with Gasteiger partial charge in [0.05, 0.1) is 6.26 Å². The topological polar surface area (TPSA) is 65.7 Å². The van der Waals surface area contributed by atoms with E-state index in [1.165, 1.54) is 31.9 Å². The van der Waals surface area contributed by atoms with Crippen LogP contribution in [-0.4, -0.2) is 60.0 Å². The first kappa shape index (κ1) is 16.9. The van der Waals surface area contributed by atoms with Gasteiger partial charge < -0.3 is 19.1 Å². The van der Waals surface area contributed by atoms with Crippen molar-refractivity contribution in [1.82, 2.24) is 14.9 Å². The Hall–Kier alpha value is -2.57. The standard InChI is InChI=1S/C19H25N5O2/c25-18(16-6-5-15-26-16)23-11-13-24(14-12-23)19-20-8-7-17(21-19)22-9-3-1-2-4-10-22/h5-8,15H,1-4,9-14H2. The van der Waals surface area contributed by atoms with E-state index in [1.807, 2.05) is 17.2 Å². The second kappa shape index (κ2) is 7.76. The zero-order valence-electron chi connectivity index (χ0n) is 15.0. The quantitative estimate of drug-likeness (QED) is 0.842. The fraction of sp³-hybridized carbons (Fsp3) is 0.526. The van der Waals surface area contributed by atoms with Crippen LogP contribution in [0.25, 0.3) is 0 Å². The van der Waals surface area contributed by atoms with Gasteiger partial charge in [0.1, 0.15) is 5.82 Å². The number of anilines is 2. The molecule has 1 amide bonds. The van der Waals surface area contributed by atoms with E-state index >= 15 is 0 Å². The second-order valence-electron chi connectivity index (χ2n) is 6.87. The van der Waals surface area contributed by atoms with Gasteiger partial charge in [-0.05, 0) is 31.0 Å². The minimum Gasteiger partial charge on any atom is -0.459 e. The van der Waals surface area contributed by atoms with Gasteiger partial charge in [-0.1, -0.05) is 12.8 Å². The predicted molar refractivity (Wildman–Crippen MR) is 99.5 cm³/mol. The number of piperazine rings is 1. The molecule has 26 heavy (non-hydrogen) atoms. The highest BCUT2D eigenvalue weighted by Gasteiger charge is 2.25. The van der Waals surface area contributed by atoms with Crippen molar-refractivity contribution < 1.29 is 9.21 Å². The Morgan fingerprint density at radius 3 is 2.38 bits per heavy atom. The third-order valence-electron chi connectivity index (χ3n) is 5.14. The number of rotatable bonds is 3. The van der Waals surface area contributed by atoms with Crippen LogP contribution in [0, 0.1) is 0 Å². The Morgan fingerprint density at radius 1 is 0.923 bits per heavy atom. The monoisotopic (exact) mass is 355 g/mol. The van der Waals surface area contributed by atoms with Crippen molar-refractivity contribution >= 4 is 17.7 Å². The zero-order chi connectivity index (χ0) is 17.8. The largest absolute Gasteiger partial charge is 0.459 e. The summed E-state index contributed by atoms with van der Waals surface area (Å²) in [5.41, 5.74) is 0. The summed E-state index contributed by atoms with van der Waals surface area (Å²) in [5, 5.41) is 0. The molecular formula is C19H25N5O2. The van der Waals surface area contributed by atoms with Crippen molar-refractivity contribution in [2.24, 2.45) is 0 Å². The Morgan fingerprint density at radius 2 is 1.69 bits per heavy atom. The van der Waals surface area contributed by atoms with Crippen LogP contribution in [0.15, 0.2) is 35.1 Å². The molecular weight excluding hydrogens is 330 g/mol. The number of nitrogens with zero attached hydrogens (tertiary/aromatic N) is 5. The molecule has 0 aromatic carbocycles. The van der Waals surface area contributed by atoms with Gasteiger partial charge in [-0.25, -0.2) is 4.98 Å². The molecule has 2 aliphatic heterocycles. The lowest BCUT2D eigenvalue weighted by molar-refractivity contribution is 0.0714. The average molecular weight is 355 g/mol. The minimum absolute atomic E-state index is 0.0473. The predicted octanol–water partition coefficient (Wildman–Crippen LogP) is 2.41. The maximum atomic E-state index is 12.4. The Labute approximate surface area is 153 Å². The van der Waals surface area contributed by atoms with Gasteiger partial charge in [-0.2, -0.15) is 4.98 Å². The number of amides is 1. The van der Waals surface area contributed by atoms with Crippen LogP contribution in [0.2, 0.25) is 0 Å². The number of hydrogen-bond donors (Lipinski definition) is 0. The van der Waals surface area contributed by atoms with Crippen LogP contribution in [0.1, 0.15) is 36.2 Å². The van der Waals surface area contributed by atoms with E-state index in [1.54, 1.807) is 12.1 Å². The maximum Gasteiger partial charge on any atom is 0.289 e. The third kappa shape index (κ3) is 3.66. The molecule has 2 aliphatic rings. The number of carbonyl (C=O) groups excluding carboxylic acids is 1. The molecule has 0 unspecified atom stereocenters. The molecule has 0 bridgehead atoms. The molecule has 0 spiro atoms. The first-order valence-electron chi connectivity index (χ1n) is 9.47. The summed E-state index contributed by atoms with van der Waals surface area (Å²) in [5.74, 6) is 2.13. The van der Waals surface area contributed by atoms with Gasteiger partial charge in [0.2, 0.25) is 5.95 Å². The van der Waals surface area contributed by atoms with Crippen molar-refractivity contribution in [3.05, 3.63) is 36.4 Å². The molecule has 0 saturated carbocycles. The van der Waals surface area contributed by atoms with Gasteiger partial charge in [0.25, 0.3) is 5.91 Å². The summed E-state index contributed by atoms with van der Waals surface area (Å²) in [4.78, 5) is 28.0. The number of hydrogen-bond acceptors (Lipinski definition) is 6. The summed E-state index contributed by atoms with van der Waals surface area (Å²) >= 11 is 0. The van der Waals surface area contributed by atoms with E-state index in [0.717, 1.165) is 37.9 Å². The summed E-state index contributed by atoms with van der Waals surface area (Å²) in [7, 11) is 0. The lowest BCUT2D eigenvalue weighted by atomic mass is 10.2. The summed E-state index contributed by atoms with van der Waals surface area (Å²) in [6.45, 7) is 4.91. The molecule has 0 atom stereocenters. The van der Waals surface area contributed by atoms with Crippen molar-refractivity contribution in [3.8, 4) is 0 Å². The normalized spacial score (nSPS) is 18.7. The van der Waals surface area contributed by atoms with Crippen LogP contribution >= 0.6 is 0 Å². The van der Waals surface area contributed by atoms with Gasteiger partial charge in [0, 0.05) is 45.5 Å². The molecule has 0 aliphatic carbocycles. The third-order valence-corrected chi connectivity index (χ3v) is 5.14. The van der Waals surface area contributed by atoms with Crippen LogP contribution in [0.3, 0.4) is 0 Å². The van der Waals surface area contributed by atoms with E-state index < -0.39 is 0 Å². The van der Waals surface area contributed by atoms with E-state index in [-0.39, 0.29) is 5.91 Å². The molecule has 0 radical (unpaired) electrons. The van der Waals surface area contributed by atoms with Crippen LogP contribution in [0.4, 0.5) is 11.8 Å². The lowest BCUT2D eigenvalue weighted by Crippen LogP contribution is -2.49. The molecule has 138 valence electrons. The Balaban J connectivity index is 1.40. The summed E-state index contributed by atoms with van der Waals surface area (Å²) in [6.07, 6.45) is 8.45. The second-order valence-corrected chi connectivity index (χ2v) is 6.87. The summed E-state index contributed by atoms with van der Waals surface area (Å²) in [6, 6.07) is 5.46. The average Bonchev–Trinajstić information content (AvgIpc) is 3.10. The molecule has 2 fully saturated rings. The SMILES string of the molecule is O=C(c1ccco1)N1CCN(c2nccc(N3CCCCCC3)n2)CC1. The molecule has 2 aromatic rings. The zero-order valence-corrected chi connectivity index (χ0v) is 15.0. The van der Waals surface area contributed by atoms with E-state index in [2.05, 4.69) is 14.8 Å². The molecule has 2 aromatic heterocycles. The molecule has 4 heterocycles. The first-order chi connectivity index (χ1) is 12.8. The van der Waals surface area contributed by atoms with Gasteiger partial charge in [-0.3, -0.25) is 4.79 Å². The maximum absolute atomic E-state index is 12.4. The highest BCUT2D eigenvalue weighted by Crippen LogP contribution is 2.20. The fourth-order valence-corrected chi connectivity index (χ4v) is 3.63. The number of carbonyl (C=O) groups is 1. The Bertz CT molecular complexity index is 717. The fourth-order valence-electron chi connectivity index (χ4n) is 3.63. The minimum atomic E-state index is -0.0473. The van der Waals surface area contributed by atoms with Gasteiger partial charge in [0.15, 0.2) is 5.76 Å². The smallest absolute Gasteiger partial charge is 0.289 e. The van der Waals surface area contributed by atoms with E-state index in [0.29, 0.717) is 18.8 Å². The van der Waals surface area contributed by atoms with Crippen LogP contribution in [0.5, 0.6) is 0 Å². The molecule has 7 heteroatoms. The Kier molecular flexibility index (Phi) is 5.04. The summed E-state index contributed by atoms with van der Waals surface area (Å²) < 4.78 is 5.22. The highest BCUT2D eigenvalue weighted by molar-refractivity contribution is 5.91. The number of aromatic nitrogens is 2. The highest BCUT2D eigenvalue weighted by atomic mass is 16.3. The van der Waals surface area contributed by atoms with Crippen LogP contribution < -0.4 is 9.80 Å². The van der Waals surface area contributed by atoms with Gasteiger partial charge >= 0.3 is 0 Å². The molecule has 7 nitrogen and oxygen atoms in total. The van der Waals surface area contributed by atoms with Crippen molar-refractivity contribution in [1.29, 1.82) is 0 Å². The van der Waals surface area contributed by atoms with E-state index in [4.69, 9.17) is 9.40 Å². The van der Waals surface area contributed by atoms with Crippen molar-refractivity contribution in [2.45, 2.75) is 25.7 Å². The van der Waals surface area contributed by atoms with E-state index in [9.17, 15) is 4.79 Å². The van der Waals surface area contributed by atoms with Crippen molar-refractivity contribution in [3.63, 3.8) is 0 Å².